The van der Waals surface area contributed by atoms with Crippen molar-refractivity contribution in [3.8, 4) is 17.2 Å². The van der Waals surface area contributed by atoms with Crippen LogP contribution in [-0.4, -0.2) is 42.2 Å². The van der Waals surface area contributed by atoms with Gasteiger partial charge in [-0.15, -0.1) is 4.68 Å². The van der Waals surface area contributed by atoms with Gasteiger partial charge in [0.2, 0.25) is 0 Å². The molecule has 9 heteroatoms. The predicted molar refractivity (Wildman–Crippen MR) is 110 cm³/mol. The Morgan fingerprint density at radius 3 is 2.52 bits per heavy atom. The van der Waals surface area contributed by atoms with E-state index in [1.165, 1.54) is 20.4 Å². The molecule has 0 saturated carbocycles. The smallest absolute Gasteiger partial charge is 0.350 e. The summed E-state index contributed by atoms with van der Waals surface area (Å²) in [7, 11) is 4.57. The van der Waals surface area contributed by atoms with Crippen LogP contribution in [0.4, 0.5) is 0 Å². The molecule has 9 nitrogen and oxygen atoms in total. The lowest BCUT2D eigenvalue weighted by Gasteiger charge is -2.09. The molecule has 29 heavy (non-hydrogen) atoms. The molecule has 0 bridgehead atoms. The average Bonchev–Trinajstić information content (AvgIpc) is 3.11. The zero-order valence-electron chi connectivity index (χ0n) is 16.0. The monoisotopic (exact) mass is 394 g/mol. The number of H-pyrrole nitrogens is 2. The Bertz CT molecular complexity index is 1360. The largest absolute Gasteiger partial charge is 0.497 e. The minimum absolute atomic E-state index is 0.239. The number of benzene rings is 2. The molecule has 2 aromatic heterocycles. The van der Waals surface area contributed by atoms with Gasteiger partial charge in [-0.3, -0.25) is 4.79 Å². The summed E-state index contributed by atoms with van der Waals surface area (Å²) in [4.78, 5) is 31.2. The number of aromatic amines is 2. The van der Waals surface area contributed by atoms with E-state index in [0.717, 1.165) is 4.68 Å². The molecule has 0 radical (unpaired) electrons. The van der Waals surface area contributed by atoms with Crippen molar-refractivity contribution in [2.45, 2.75) is 0 Å². The van der Waals surface area contributed by atoms with Crippen LogP contribution in [0.2, 0.25) is 0 Å². The van der Waals surface area contributed by atoms with E-state index in [9.17, 15) is 9.59 Å². The fraction of sp³-hybridized carbons (Fsp3) is 0.150. The Morgan fingerprint density at radius 2 is 1.79 bits per heavy atom. The third-order valence-corrected chi connectivity index (χ3v) is 4.58. The van der Waals surface area contributed by atoms with Crippen LogP contribution in [0.5, 0.6) is 17.2 Å². The molecule has 2 N–H and O–H groups in total. The molecular weight excluding hydrogens is 376 g/mol. The molecule has 0 aliphatic rings. The number of methoxy groups -OCH3 is 3. The van der Waals surface area contributed by atoms with Gasteiger partial charge in [-0.05, 0) is 30.3 Å². The third kappa shape index (κ3) is 3.02. The minimum atomic E-state index is -0.663. The molecule has 0 aliphatic carbocycles. The van der Waals surface area contributed by atoms with Crippen LogP contribution < -0.4 is 25.5 Å². The van der Waals surface area contributed by atoms with E-state index < -0.39 is 11.2 Å². The van der Waals surface area contributed by atoms with Crippen LogP contribution in [0.1, 0.15) is 5.56 Å². The van der Waals surface area contributed by atoms with Gasteiger partial charge < -0.3 is 24.2 Å². The lowest BCUT2D eigenvalue weighted by atomic mass is 10.2. The van der Waals surface area contributed by atoms with Crippen molar-refractivity contribution < 1.29 is 14.2 Å². The maximum absolute atomic E-state index is 12.9. The zero-order valence-corrected chi connectivity index (χ0v) is 16.0. The highest BCUT2D eigenvalue weighted by Gasteiger charge is 2.14. The summed E-state index contributed by atoms with van der Waals surface area (Å²) in [6.45, 7) is 0. The summed E-state index contributed by atoms with van der Waals surface area (Å²) in [6, 6.07) is 10.5. The second-order valence-electron chi connectivity index (χ2n) is 6.16. The number of nitrogens with zero attached hydrogens (tertiary/aromatic N) is 2. The second-order valence-corrected chi connectivity index (χ2v) is 6.16. The number of aromatic nitrogens is 3. The minimum Gasteiger partial charge on any atom is -0.497 e. The zero-order chi connectivity index (χ0) is 20.5. The van der Waals surface area contributed by atoms with E-state index in [1.54, 1.807) is 43.5 Å². The molecule has 0 spiro atoms. The highest BCUT2D eigenvalue weighted by atomic mass is 16.5. The number of rotatable bonds is 5. The van der Waals surface area contributed by atoms with Crippen LogP contribution in [-0.2, 0) is 0 Å². The van der Waals surface area contributed by atoms with E-state index in [4.69, 9.17) is 14.2 Å². The lowest BCUT2D eigenvalue weighted by molar-refractivity contribution is 0.354. The quantitative estimate of drug-likeness (QED) is 0.504. The number of hydrogen-bond acceptors (Lipinski definition) is 6. The van der Waals surface area contributed by atoms with Gasteiger partial charge in [0.25, 0.3) is 0 Å². The van der Waals surface area contributed by atoms with E-state index in [2.05, 4.69) is 15.1 Å². The molecule has 148 valence electrons. The Hall–Kier alpha value is -4.01. The number of hydrogen-bond donors (Lipinski definition) is 2. The summed E-state index contributed by atoms with van der Waals surface area (Å²) in [5.74, 6) is 1.58. The molecule has 2 heterocycles. The van der Waals surface area contributed by atoms with Gasteiger partial charge >= 0.3 is 11.2 Å². The van der Waals surface area contributed by atoms with Gasteiger partial charge in [0.15, 0.2) is 11.5 Å². The van der Waals surface area contributed by atoms with Crippen LogP contribution in [0.25, 0.3) is 21.9 Å². The Kier molecular flexibility index (Phi) is 4.55. The SMILES string of the molecule is COc1ccc2[nH]c3c(=O)n(/N=C\c4cccc(OC)c4OC)c(=O)[nH]c3c2c1. The topological polar surface area (TPSA) is 111 Å². The molecule has 0 unspecified atom stereocenters. The standard InChI is InChI=1S/C20H18N4O5/c1-27-12-7-8-14-13(9-12)16-17(22-14)19(25)24(20(26)23-16)21-10-11-5-4-6-15(28-2)18(11)29-3/h4-10,22H,1-3H3,(H,23,26)/b21-10-. The number of fused-ring (bicyclic) bond motifs is 3. The summed E-state index contributed by atoms with van der Waals surface area (Å²) < 4.78 is 16.6. The van der Waals surface area contributed by atoms with Gasteiger partial charge in [-0.1, -0.05) is 6.07 Å². The van der Waals surface area contributed by atoms with Crippen molar-refractivity contribution in [1.29, 1.82) is 0 Å². The number of ether oxygens (including phenoxy) is 3. The number of nitrogens with one attached hydrogen (secondary N) is 2. The average molecular weight is 394 g/mol. The molecule has 4 rings (SSSR count). The first-order valence-electron chi connectivity index (χ1n) is 8.67. The summed E-state index contributed by atoms with van der Waals surface area (Å²) in [6.07, 6.45) is 1.37. The van der Waals surface area contributed by atoms with Crippen molar-refractivity contribution >= 4 is 28.2 Å². The summed E-state index contributed by atoms with van der Waals surface area (Å²) in [5.41, 5.74) is 0.660. The van der Waals surface area contributed by atoms with Gasteiger partial charge in [-0.2, -0.15) is 5.10 Å². The molecule has 4 aromatic rings. The molecular formula is C20H18N4O5. The molecule has 0 aliphatic heterocycles. The molecule has 0 atom stereocenters. The summed E-state index contributed by atoms with van der Waals surface area (Å²) in [5, 5.41) is 4.75. The molecule has 0 saturated heterocycles. The van der Waals surface area contributed by atoms with Crippen LogP contribution in [0.3, 0.4) is 0 Å². The lowest BCUT2D eigenvalue weighted by Crippen LogP contribution is -2.32. The Balaban J connectivity index is 1.87. The Morgan fingerprint density at radius 1 is 0.966 bits per heavy atom. The van der Waals surface area contributed by atoms with Crippen molar-refractivity contribution in [2.75, 3.05) is 21.3 Å². The van der Waals surface area contributed by atoms with Gasteiger partial charge in [0.1, 0.15) is 11.3 Å². The normalized spacial score (nSPS) is 11.4. The van der Waals surface area contributed by atoms with E-state index in [-0.39, 0.29) is 5.52 Å². The maximum atomic E-state index is 12.9. The Labute approximate surface area is 164 Å². The fourth-order valence-corrected chi connectivity index (χ4v) is 3.18. The van der Waals surface area contributed by atoms with Crippen molar-refractivity contribution in [3.63, 3.8) is 0 Å². The second kappa shape index (κ2) is 7.19. The van der Waals surface area contributed by atoms with Crippen LogP contribution in [0, 0.1) is 0 Å². The first-order chi connectivity index (χ1) is 14.1. The van der Waals surface area contributed by atoms with E-state index >= 15 is 0 Å². The highest BCUT2D eigenvalue weighted by Crippen LogP contribution is 2.29. The first kappa shape index (κ1) is 18.4. The van der Waals surface area contributed by atoms with Crippen molar-refractivity contribution in [3.05, 3.63) is 62.8 Å². The summed E-state index contributed by atoms with van der Waals surface area (Å²) >= 11 is 0. The van der Waals surface area contributed by atoms with Gasteiger partial charge in [0, 0.05) is 16.5 Å². The predicted octanol–water partition coefficient (Wildman–Crippen LogP) is 2.08. The highest BCUT2D eigenvalue weighted by molar-refractivity contribution is 6.04. The maximum Gasteiger partial charge on any atom is 0.350 e. The molecule has 0 fully saturated rings. The molecule has 0 amide bonds. The van der Waals surface area contributed by atoms with E-state index in [0.29, 0.717) is 39.2 Å². The van der Waals surface area contributed by atoms with Crippen LogP contribution in [0.15, 0.2) is 51.1 Å². The van der Waals surface area contributed by atoms with Gasteiger partial charge in [0.05, 0.1) is 33.1 Å². The fourth-order valence-electron chi connectivity index (χ4n) is 3.18. The third-order valence-electron chi connectivity index (χ3n) is 4.58. The van der Waals surface area contributed by atoms with E-state index in [1.807, 2.05) is 0 Å². The van der Waals surface area contributed by atoms with Crippen LogP contribution >= 0.6 is 0 Å². The molecule has 2 aromatic carbocycles. The van der Waals surface area contributed by atoms with Crippen molar-refractivity contribution in [2.24, 2.45) is 5.10 Å². The van der Waals surface area contributed by atoms with Gasteiger partial charge in [-0.25, -0.2) is 4.79 Å². The number of para-hydroxylation sites is 1. The first-order valence-corrected chi connectivity index (χ1v) is 8.67. The van der Waals surface area contributed by atoms with Crippen molar-refractivity contribution in [1.82, 2.24) is 14.6 Å².